The molecule has 2 N–H and O–H groups in total. The third-order valence-electron chi connectivity index (χ3n) is 2.48. The van der Waals surface area contributed by atoms with E-state index in [1.54, 1.807) is 0 Å². The minimum atomic E-state index is -4.69. The van der Waals surface area contributed by atoms with Crippen LogP contribution in [0.2, 0.25) is 0 Å². The first kappa shape index (κ1) is 13.7. The molecule has 9 heteroatoms. The molecule has 19 heavy (non-hydrogen) atoms. The van der Waals surface area contributed by atoms with Crippen LogP contribution in [0, 0.1) is 0 Å². The van der Waals surface area contributed by atoms with Gasteiger partial charge in [0.25, 0.3) is 20.2 Å². The Morgan fingerprint density at radius 2 is 1.37 bits per heavy atom. The second kappa shape index (κ2) is 4.17. The minimum Gasteiger partial charge on any atom is -0.289 e. The summed E-state index contributed by atoms with van der Waals surface area (Å²) in [6.45, 7) is 0. The lowest BCUT2D eigenvalue weighted by molar-refractivity contribution is 0.359. The van der Waals surface area contributed by atoms with Crippen molar-refractivity contribution in [2.75, 3.05) is 0 Å². The van der Waals surface area contributed by atoms with Gasteiger partial charge in [0.2, 0.25) is 0 Å². The van der Waals surface area contributed by atoms with Crippen LogP contribution in [0.15, 0.2) is 40.1 Å². The van der Waals surface area contributed by atoms with E-state index in [-0.39, 0.29) is 5.39 Å². The summed E-state index contributed by atoms with van der Waals surface area (Å²) in [7, 11) is -9.31. The molecule has 0 spiro atoms. The van der Waals surface area contributed by atoms with Crippen LogP contribution in [0.5, 0.6) is 5.75 Å². The summed E-state index contributed by atoms with van der Waals surface area (Å²) < 4.78 is 62.7. The Morgan fingerprint density at radius 3 is 1.89 bits per heavy atom. The average Bonchev–Trinajstić information content (AvgIpc) is 2.25. The molecule has 0 aliphatic heterocycles. The number of rotatable bonds is 2. The topological polar surface area (TPSA) is 129 Å². The molecule has 0 saturated carbocycles. The molecule has 2 rings (SSSR count). The zero-order valence-electron chi connectivity index (χ0n) is 9.14. The molecule has 0 atom stereocenters. The number of hydrogen-bond acceptors (Lipinski definition) is 4. The molecule has 2 aromatic rings. The largest absolute Gasteiger partial charge is 0.295 e. The lowest BCUT2D eigenvalue weighted by atomic mass is 10.1. The van der Waals surface area contributed by atoms with Crippen LogP contribution >= 0.6 is 0 Å². The maximum atomic E-state index is 11.7. The number of fused-ring (bicyclic) bond motifs is 1. The molecule has 2 aromatic carbocycles. The van der Waals surface area contributed by atoms with Gasteiger partial charge < -0.3 is 0 Å². The molecular weight excluding hydrogens is 296 g/mol. The highest BCUT2D eigenvalue weighted by Crippen LogP contribution is 2.35. The first-order valence-corrected chi connectivity index (χ1v) is 7.68. The molecular formula is C10H7O7S2. The Labute approximate surface area is 108 Å². The highest BCUT2D eigenvalue weighted by Gasteiger charge is 2.22. The molecule has 0 saturated heterocycles. The van der Waals surface area contributed by atoms with Gasteiger partial charge in [0.1, 0.15) is 9.79 Å². The average molecular weight is 303 g/mol. The van der Waals surface area contributed by atoms with Crippen molar-refractivity contribution in [2.45, 2.75) is 9.79 Å². The zero-order valence-corrected chi connectivity index (χ0v) is 10.8. The molecule has 0 amide bonds. The molecule has 0 aromatic heterocycles. The van der Waals surface area contributed by atoms with Crippen LogP contribution in [-0.4, -0.2) is 25.9 Å². The van der Waals surface area contributed by atoms with E-state index in [0.29, 0.717) is 0 Å². The second-order valence-electron chi connectivity index (χ2n) is 3.69. The fourth-order valence-corrected chi connectivity index (χ4v) is 3.16. The Morgan fingerprint density at radius 1 is 0.789 bits per heavy atom. The van der Waals surface area contributed by atoms with Gasteiger partial charge >= 0.3 is 0 Å². The molecule has 0 bridgehead atoms. The first-order valence-electron chi connectivity index (χ1n) is 4.80. The summed E-state index contributed by atoms with van der Waals surface area (Å²) in [5.41, 5.74) is 0. The smallest absolute Gasteiger partial charge is 0.289 e. The highest BCUT2D eigenvalue weighted by molar-refractivity contribution is 7.86. The summed E-state index contributed by atoms with van der Waals surface area (Å²) in [5.74, 6) is -0.782. The van der Waals surface area contributed by atoms with Gasteiger partial charge in [0.15, 0.2) is 5.75 Å². The van der Waals surface area contributed by atoms with Crippen LogP contribution in [0.1, 0.15) is 0 Å². The zero-order chi connectivity index (χ0) is 14.4. The van der Waals surface area contributed by atoms with Gasteiger partial charge in [-0.1, -0.05) is 12.1 Å². The highest BCUT2D eigenvalue weighted by atomic mass is 32.2. The van der Waals surface area contributed by atoms with E-state index in [1.807, 2.05) is 0 Å². The molecule has 0 aliphatic rings. The first-order chi connectivity index (χ1) is 8.62. The standard InChI is InChI=1S/C10H7O7S2/c11-7-4-5-8(18(12,13)14)6-2-1-3-9(10(6)7)19(15,16)17/h1-5H,(H,12,13,14)(H,15,16,17). The third kappa shape index (κ3) is 2.40. The fourth-order valence-electron chi connectivity index (χ4n) is 1.76. The summed E-state index contributed by atoms with van der Waals surface area (Å²) in [4.78, 5) is -1.31. The van der Waals surface area contributed by atoms with Crippen molar-refractivity contribution >= 4 is 31.0 Å². The quantitative estimate of drug-likeness (QED) is 0.808. The van der Waals surface area contributed by atoms with E-state index in [2.05, 4.69) is 0 Å². The van der Waals surface area contributed by atoms with Crippen molar-refractivity contribution in [1.29, 1.82) is 0 Å². The number of benzene rings is 2. The van der Waals surface area contributed by atoms with Gasteiger partial charge in [0, 0.05) is 5.39 Å². The summed E-state index contributed by atoms with van der Waals surface area (Å²) in [6, 6.07) is 4.95. The van der Waals surface area contributed by atoms with Gasteiger partial charge in [0.05, 0.1) is 5.39 Å². The van der Waals surface area contributed by atoms with Crippen LogP contribution in [0.4, 0.5) is 0 Å². The van der Waals surface area contributed by atoms with Crippen molar-refractivity contribution < 1.29 is 31.0 Å². The molecule has 0 aliphatic carbocycles. The maximum Gasteiger partial charge on any atom is 0.295 e. The predicted octanol–water partition coefficient (Wildman–Crippen LogP) is 1.48. The summed E-state index contributed by atoms with van der Waals surface area (Å²) >= 11 is 0. The molecule has 7 nitrogen and oxygen atoms in total. The van der Waals surface area contributed by atoms with Gasteiger partial charge in [-0.25, -0.2) is 0 Å². The van der Waals surface area contributed by atoms with Crippen LogP contribution < -0.4 is 0 Å². The minimum absolute atomic E-state index is 0.273. The van der Waals surface area contributed by atoms with E-state index >= 15 is 0 Å². The third-order valence-corrected chi connectivity index (χ3v) is 4.29. The monoisotopic (exact) mass is 303 g/mol. The lowest BCUT2D eigenvalue weighted by Crippen LogP contribution is -2.02. The Kier molecular flexibility index (Phi) is 3.01. The van der Waals surface area contributed by atoms with E-state index in [4.69, 9.17) is 9.11 Å². The molecule has 0 fully saturated rings. The van der Waals surface area contributed by atoms with Gasteiger partial charge in [-0.2, -0.15) is 16.8 Å². The summed E-state index contributed by atoms with van der Waals surface area (Å²) in [5, 5.41) is 10.9. The SMILES string of the molecule is [O]c1ccc(S(=O)(=O)O)c2cccc(S(=O)(=O)O)c12. The van der Waals surface area contributed by atoms with E-state index in [9.17, 15) is 21.9 Å². The van der Waals surface area contributed by atoms with Crippen LogP contribution in [0.25, 0.3) is 10.8 Å². The van der Waals surface area contributed by atoms with E-state index in [1.165, 1.54) is 0 Å². The van der Waals surface area contributed by atoms with Crippen molar-refractivity contribution in [3.8, 4) is 5.75 Å². The van der Waals surface area contributed by atoms with Crippen LogP contribution in [-0.2, 0) is 25.3 Å². The van der Waals surface area contributed by atoms with Crippen molar-refractivity contribution in [2.24, 2.45) is 0 Å². The Balaban J connectivity index is 3.09. The van der Waals surface area contributed by atoms with Gasteiger partial charge in [-0.15, -0.1) is 0 Å². The molecule has 0 heterocycles. The maximum absolute atomic E-state index is 11.7. The molecule has 0 unspecified atom stereocenters. The van der Waals surface area contributed by atoms with E-state index < -0.39 is 41.2 Å². The Bertz CT molecular complexity index is 866. The number of hydrogen-bond donors (Lipinski definition) is 2. The van der Waals surface area contributed by atoms with Gasteiger partial charge in [-0.3, -0.25) is 14.2 Å². The predicted molar refractivity (Wildman–Crippen MR) is 63.7 cm³/mol. The van der Waals surface area contributed by atoms with Crippen molar-refractivity contribution in [3.63, 3.8) is 0 Å². The van der Waals surface area contributed by atoms with Crippen molar-refractivity contribution in [1.82, 2.24) is 0 Å². The van der Waals surface area contributed by atoms with E-state index in [0.717, 1.165) is 30.3 Å². The lowest BCUT2D eigenvalue weighted by Gasteiger charge is -2.07. The fraction of sp³-hybridized carbons (Fsp3) is 0. The Hall–Kier alpha value is -1.68. The molecule has 101 valence electrons. The summed E-state index contributed by atoms with van der Waals surface area (Å²) in [6.07, 6.45) is 0. The van der Waals surface area contributed by atoms with Gasteiger partial charge in [-0.05, 0) is 18.2 Å². The van der Waals surface area contributed by atoms with Crippen molar-refractivity contribution in [3.05, 3.63) is 30.3 Å². The second-order valence-corrected chi connectivity index (χ2v) is 6.47. The molecule has 1 radical (unpaired) electrons. The normalized spacial score (nSPS) is 12.7. The van der Waals surface area contributed by atoms with Crippen LogP contribution in [0.3, 0.4) is 0 Å².